The predicted molar refractivity (Wildman–Crippen MR) is 136 cm³/mol. The van der Waals surface area contributed by atoms with Crippen molar-refractivity contribution in [2.45, 2.75) is 83.7 Å². The Morgan fingerprint density at radius 1 is 0.771 bits per heavy atom. The minimum absolute atomic E-state index is 0.00483. The van der Waals surface area contributed by atoms with Crippen molar-refractivity contribution >= 4 is 34.3 Å². The molecule has 0 atom stereocenters. The van der Waals surface area contributed by atoms with E-state index in [9.17, 15) is 24.6 Å². The van der Waals surface area contributed by atoms with Gasteiger partial charge >= 0.3 is 11.9 Å². The monoisotopic (exact) mass is 480 g/mol. The summed E-state index contributed by atoms with van der Waals surface area (Å²) in [5.41, 5.74) is 0.710. The summed E-state index contributed by atoms with van der Waals surface area (Å²) in [5.74, 6) is -1.33. The Balaban J connectivity index is 1.75. The van der Waals surface area contributed by atoms with Gasteiger partial charge in [0.15, 0.2) is 0 Å². The SMILES string of the molecule is CCC1CCC(NC(=O)c2ccc(C(=O)O)c3c(NC4CCC(C)CC4)ccc(C(=O)O)c23)CC1. The molecule has 2 fully saturated rings. The molecule has 0 aliphatic heterocycles. The molecule has 7 nitrogen and oxygen atoms in total. The molecule has 0 aromatic heterocycles. The van der Waals surface area contributed by atoms with E-state index in [2.05, 4.69) is 24.5 Å². The Morgan fingerprint density at radius 3 is 1.91 bits per heavy atom. The maximum absolute atomic E-state index is 13.4. The molecule has 35 heavy (non-hydrogen) atoms. The second kappa shape index (κ2) is 10.7. The van der Waals surface area contributed by atoms with Crippen molar-refractivity contribution in [1.29, 1.82) is 0 Å². The molecule has 2 aliphatic carbocycles. The molecule has 0 radical (unpaired) electrons. The zero-order valence-electron chi connectivity index (χ0n) is 20.6. The fraction of sp³-hybridized carbons (Fsp3) is 0.536. The second-order valence-corrected chi connectivity index (χ2v) is 10.4. The fourth-order valence-electron chi connectivity index (χ4n) is 5.76. The van der Waals surface area contributed by atoms with E-state index in [0.29, 0.717) is 22.9 Å². The van der Waals surface area contributed by atoms with E-state index in [4.69, 9.17) is 0 Å². The summed E-state index contributed by atoms with van der Waals surface area (Å²) in [6.07, 6.45) is 9.16. The molecule has 0 heterocycles. The van der Waals surface area contributed by atoms with Gasteiger partial charge in [-0.1, -0.05) is 20.3 Å². The van der Waals surface area contributed by atoms with E-state index in [1.165, 1.54) is 18.2 Å². The number of amides is 1. The van der Waals surface area contributed by atoms with E-state index >= 15 is 0 Å². The Labute approximate surface area is 206 Å². The largest absolute Gasteiger partial charge is 0.478 e. The quantitative estimate of drug-likeness (QED) is 0.391. The first-order valence-corrected chi connectivity index (χ1v) is 12.9. The van der Waals surface area contributed by atoms with Crippen molar-refractivity contribution in [2.24, 2.45) is 11.8 Å². The van der Waals surface area contributed by atoms with E-state index in [-0.39, 0.29) is 40.1 Å². The lowest BCUT2D eigenvalue weighted by atomic mass is 9.84. The summed E-state index contributed by atoms with van der Waals surface area (Å²) in [5, 5.41) is 26.9. The van der Waals surface area contributed by atoms with Crippen molar-refractivity contribution < 1.29 is 24.6 Å². The van der Waals surface area contributed by atoms with Crippen LogP contribution in [-0.2, 0) is 0 Å². The maximum atomic E-state index is 13.4. The molecule has 7 heteroatoms. The molecular weight excluding hydrogens is 444 g/mol. The highest BCUT2D eigenvalue weighted by Crippen LogP contribution is 2.36. The maximum Gasteiger partial charge on any atom is 0.336 e. The minimum atomic E-state index is -1.19. The number of nitrogens with one attached hydrogen (secondary N) is 2. The lowest BCUT2D eigenvalue weighted by molar-refractivity contribution is 0.0686. The number of rotatable bonds is 7. The lowest BCUT2D eigenvalue weighted by Gasteiger charge is -2.29. The van der Waals surface area contributed by atoms with Gasteiger partial charge in [0.1, 0.15) is 0 Å². The summed E-state index contributed by atoms with van der Waals surface area (Å²) in [4.78, 5) is 37.7. The van der Waals surface area contributed by atoms with Crippen LogP contribution in [0.3, 0.4) is 0 Å². The third-order valence-electron chi connectivity index (χ3n) is 8.00. The van der Waals surface area contributed by atoms with Crippen LogP contribution in [0.1, 0.15) is 103 Å². The first-order chi connectivity index (χ1) is 16.8. The van der Waals surface area contributed by atoms with Crippen LogP contribution in [0.5, 0.6) is 0 Å². The Hall–Kier alpha value is -3.09. The summed E-state index contributed by atoms with van der Waals surface area (Å²) >= 11 is 0. The average molecular weight is 481 g/mol. The zero-order valence-corrected chi connectivity index (χ0v) is 20.6. The molecular formula is C28H36N2O5. The van der Waals surface area contributed by atoms with E-state index < -0.39 is 11.9 Å². The normalized spacial score (nSPS) is 24.6. The smallest absolute Gasteiger partial charge is 0.336 e. The third kappa shape index (κ3) is 5.44. The Kier molecular flexibility index (Phi) is 7.63. The van der Waals surface area contributed by atoms with Crippen LogP contribution in [0.2, 0.25) is 0 Å². The van der Waals surface area contributed by atoms with Crippen molar-refractivity contribution in [3.05, 3.63) is 41.0 Å². The molecule has 0 unspecified atom stereocenters. The standard InChI is InChI=1S/C28H36N2O5/c1-3-17-6-10-19(11-7-17)30-26(31)20-12-13-22(28(34)35)25-23(15-14-21(24(20)25)27(32)33)29-18-8-4-16(2)5-9-18/h12-19,29H,3-11H2,1-2H3,(H,30,31)(H,32,33)(H,34,35). The minimum Gasteiger partial charge on any atom is -0.478 e. The van der Waals surface area contributed by atoms with Crippen molar-refractivity contribution in [2.75, 3.05) is 5.32 Å². The van der Waals surface area contributed by atoms with Crippen molar-refractivity contribution in [3.63, 3.8) is 0 Å². The number of carbonyl (C=O) groups is 3. The van der Waals surface area contributed by atoms with Crippen LogP contribution in [0.25, 0.3) is 10.8 Å². The molecule has 0 spiro atoms. The molecule has 2 aliphatic rings. The molecule has 4 rings (SSSR count). The van der Waals surface area contributed by atoms with Gasteiger partial charge in [0.2, 0.25) is 0 Å². The van der Waals surface area contributed by atoms with Crippen molar-refractivity contribution in [3.8, 4) is 0 Å². The van der Waals surface area contributed by atoms with E-state index in [1.54, 1.807) is 6.07 Å². The number of hydrogen-bond donors (Lipinski definition) is 4. The van der Waals surface area contributed by atoms with Gasteiger partial charge in [0.25, 0.3) is 5.91 Å². The van der Waals surface area contributed by atoms with Gasteiger partial charge in [-0.2, -0.15) is 0 Å². The van der Waals surface area contributed by atoms with Gasteiger partial charge in [-0.05, 0) is 87.5 Å². The van der Waals surface area contributed by atoms with Crippen LogP contribution in [-0.4, -0.2) is 40.1 Å². The van der Waals surface area contributed by atoms with E-state index in [1.807, 2.05) is 0 Å². The number of carbonyl (C=O) groups excluding carboxylic acids is 1. The highest BCUT2D eigenvalue weighted by atomic mass is 16.4. The van der Waals surface area contributed by atoms with Crippen LogP contribution >= 0.6 is 0 Å². The first kappa shape index (κ1) is 25.0. The Bertz CT molecular complexity index is 1110. The van der Waals surface area contributed by atoms with Crippen molar-refractivity contribution in [1.82, 2.24) is 5.32 Å². The molecule has 2 aromatic rings. The van der Waals surface area contributed by atoms with Gasteiger partial charge in [-0.3, -0.25) is 4.79 Å². The average Bonchev–Trinajstić information content (AvgIpc) is 2.85. The number of fused-ring (bicyclic) bond motifs is 1. The van der Waals surface area contributed by atoms with Gasteiger partial charge in [0.05, 0.1) is 11.1 Å². The van der Waals surface area contributed by atoms with Gasteiger partial charge in [-0.15, -0.1) is 0 Å². The zero-order chi connectivity index (χ0) is 25.1. The lowest BCUT2D eigenvalue weighted by Crippen LogP contribution is -2.37. The molecule has 4 N–H and O–H groups in total. The molecule has 1 amide bonds. The molecule has 188 valence electrons. The Morgan fingerprint density at radius 2 is 1.31 bits per heavy atom. The van der Waals surface area contributed by atoms with Gasteiger partial charge in [-0.25, -0.2) is 9.59 Å². The number of carboxylic acid groups (broad SMARTS) is 2. The fourth-order valence-corrected chi connectivity index (χ4v) is 5.76. The summed E-state index contributed by atoms with van der Waals surface area (Å²) in [6.45, 7) is 4.42. The highest BCUT2D eigenvalue weighted by Gasteiger charge is 2.27. The topological polar surface area (TPSA) is 116 Å². The van der Waals surface area contributed by atoms with Gasteiger partial charge in [0, 0.05) is 34.1 Å². The summed E-state index contributed by atoms with van der Waals surface area (Å²) in [7, 11) is 0. The first-order valence-electron chi connectivity index (χ1n) is 12.9. The van der Waals surface area contributed by atoms with Gasteiger partial charge < -0.3 is 20.8 Å². The summed E-state index contributed by atoms with van der Waals surface area (Å²) in [6, 6.07) is 6.22. The second-order valence-electron chi connectivity index (χ2n) is 10.4. The highest BCUT2D eigenvalue weighted by molar-refractivity contribution is 6.21. The summed E-state index contributed by atoms with van der Waals surface area (Å²) < 4.78 is 0. The van der Waals surface area contributed by atoms with Crippen LogP contribution in [0.15, 0.2) is 24.3 Å². The van der Waals surface area contributed by atoms with Crippen LogP contribution < -0.4 is 10.6 Å². The number of benzene rings is 2. The number of anilines is 1. The molecule has 2 saturated carbocycles. The predicted octanol–water partition coefficient (Wildman–Crippen LogP) is 5.93. The molecule has 2 aromatic carbocycles. The molecule has 0 saturated heterocycles. The van der Waals surface area contributed by atoms with E-state index in [0.717, 1.165) is 57.8 Å². The van der Waals surface area contributed by atoms with Crippen LogP contribution in [0.4, 0.5) is 5.69 Å². The number of hydrogen-bond acceptors (Lipinski definition) is 4. The molecule has 0 bridgehead atoms. The number of aromatic carboxylic acids is 2. The third-order valence-corrected chi connectivity index (χ3v) is 8.00. The number of carboxylic acids is 2. The van der Waals surface area contributed by atoms with Crippen LogP contribution in [0, 0.1) is 11.8 Å².